The van der Waals surface area contributed by atoms with Crippen LogP contribution in [0.4, 0.5) is 0 Å². The number of methoxy groups -OCH3 is 1. The molecule has 6 nitrogen and oxygen atoms in total. The molecule has 0 aliphatic rings. The molecule has 0 heterocycles. The van der Waals surface area contributed by atoms with E-state index in [1.54, 1.807) is 0 Å². The Hall–Kier alpha value is -0.210. The van der Waals surface area contributed by atoms with Gasteiger partial charge in [0.05, 0.1) is 12.2 Å². The predicted octanol–water partition coefficient (Wildman–Crippen LogP) is -1.17. The van der Waals surface area contributed by atoms with Gasteiger partial charge in [0.15, 0.2) is 0 Å². The molecule has 14 heavy (non-hydrogen) atoms. The summed E-state index contributed by atoms with van der Waals surface area (Å²) in [6, 6.07) is 0. The van der Waals surface area contributed by atoms with Crippen molar-refractivity contribution in [2.45, 2.75) is 19.4 Å². The largest absolute Gasteiger partial charge is 0.389 e. The summed E-state index contributed by atoms with van der Waals surface area (Å²) in [4.78, 5) is 0. The summed E-state index contributed by atoms with van der Waals surface area (Å²) in [6.45, 7) is 3.52. The molecule has 0 radical (unpaired) electrons. The SMILES string of the molecule is COCCNS(=O)(=O)NCC(C)(C)O. The molecule has 0 unspecified atom stereocenters. The van der Waals surface area contributed by atoms with Crippen molar-refractivity contribution in [1.82, 2.24) is 9.44 Å². The molecule has 0 saturated carbocycles. The summed E-state index contributed by atoms with van der Waals surface area (Å²) < 4.78 is 31.5. The van der Waals surface area contributed by atoms with E-state index in [9.17, 15) is 13.5 Å². The van der Waals surface area contributed by atoms with Gasteiger partial charge >= 0.3 is 0 Å². The van der Waals surface area contributed by atoms with Crippen LogP contribution >= 0.6 is 0 Å². The van der Waals surface area contributed by atoms with Gasteiger partial charge < -0.3 is 9.84 Å². The fourth-order valence-electron chi connectivity index (χ4n) is 0.601. The van der Waals surface area contributed by atoms with E-state index in [1.165, 1.54) is 21.0 Å². The summed E-state index contributed by atoms with van der Waals surface area (Å²) in [5, 5.41) is 9.27. The van der Waals surface area contributed by atoms with Crippen LogP contribution in [0.15, 0.2) is 0 Å². The summed E-state index contributed by atoms with van der Waals surface area (Å²) in [5.41, 5.74) is -1.06. The van der Waals surface area contributed by atoms with Gasteiger partial charge in [-0.05, 0) is 13.8 Å². The average molecular weight is 226 g/mol. The van der Waals surface area contributed by atoms with E-state index < -0.39 is 15.8 Å². The molecule has 0 atom stereocenters. The normalized spacial score (nSPS) is 13.1. The van der Waals surface area contributed by atoms with Crippen LogP contribution in [0.25, 0.3) is 0 Å². The molecular formula is C7H18N2O4S. The van der Waals surface area contributed by atoms with Crippen molar-refractivity contribution in [2.24, 2.45) is 0 Å². The fourth-order valence-corrected chi connectivity index (χ4v) is 1.60. The number of rotatable bonds is 7. The van der Waals surface area contributed by atoms with E-state index in [0.717, 1.165) is 0 Å². The molecule has 0 spiro atoms. The second-order valence-electron chi connectivity index (χ2n) is 3.52. The number of ether oxygens (including phenoxy) is 1. The van der Waals surface area contributed by atoms with Gasteiger partial charge in [-0.1, -0.05) is 0 Å². The first-order chi connectivity index (χ1) is 6.27. The Labute approximate surface area is 84.8 Å². The van der Waals surface area contributed by atoms with E-state index in [-0.39, 0.29) is 13.1 Å². The van der Waals surface area contributed by atoms with Gasteiger partial charge in [0.1, 0.15) is 0 Å². The van der Waals surface area contributed by atoms with E-state index >= 15 is 0 Å². The summed E-state index contributed by atoms with van der Waals surface area (Å²) in [5.74, 6) is 0. The van der Waals surface area contributed by atoms with Gasteiger partial charge in [-0.3, -0.25) is 0 Å². The Kier molecular flexibility index (Phi) is 5.53. The first-order valence-corrected chi connectivity index (χ1v) is 5.71. The predicted molar refractivity (Wildman–Crippen MR) is 53.1 cm³/mol. The quantitative estimate of drug-likeness (QED) is 0.477. The van der Waals surface area contributed by atoms with E-state index in [1.807, 2.05) is 0 Å². The first-order valence-electron chi connectivity index (χ1n) is 4.22. The molecule has 0 aromatic carbocycles. The Morgan fingerprint density at radius 3 is 2.36 bits per heavy atom. The van der Waals surface area contributed by atoms with Gasteiger partial charge in [0, 0.05) is 20.2 Å². The number of hydrogen-bond acceptors (Lipinski definition) is 4. The Bertz CT molecular complexity index is 245. The zero-order chi connectivity index (χ0) is 11.2. The molecule has 0 aromatic heterocycles. The van der Waals surface area contributed by atoms with Crippen molar-refractivity contribution in [1.29, 1.82) is 0 Å². The molecule has 7 heteroatoms. The maximum absolute atomic E-state index is 11.2. The third-order valence-electron chi connectivity index (χ3n) is 1.29. The minimum absolute atomic E-state index is 0.0324. The maximum atomic E-state index is 11.2. The van der Waals surface area contributed by atoms with Crippen LogP contribution in [-0.4, -0.2) is 45.9 Å². The molecule has 0 amide bonds. The highest BCUT2D eigenvalue weighted by Gasteiger charge is 2.16. The molecule has 0 aliphatic carbocycles. The summed E-state index contributed by atoms with van der Waals surface area (Å²) in [6.07, 6.45) is 0. The molecule has 0 fully saturated rings. The van der Waals surface area contributed by atoms with Crippen molar-refractivity contribution in [3.63, 3.8) is 0 Å². The second kappa shape index (κ2) is 5.62. The molecule has 3 N–H and O–H groups in total. The van der Waals surface area contributed by atoms with Crippen molar-refractivity contribution in [2.75, 3.05) is 26.8 Å². The molecular weight excluding hydrogens is 208 g/mol. The molecule has 0 bridgehead atoms. The average Bonchev–Trinajstić information content (AvgIpc) is 2.00. The number of aliphatic hydroxyl groups is 1. The maximum Gasteiger partial charge on any atom is 0.277 e. The third-order valence-corrected chi connectivity index (χ3v) is 2.40. The lowest BCUT2D eigenvalue weighted by Crippen LogP contribution is -2.44. The van der Waals surface area contributed by atoms with Crippen LogP contribution in [0.5, 0.6) is 0 Å². The van der Waals surface area contributed by atoms with Crippen LogP contribution in [0.1, 0.15) is 13.8 Å². The van der Waals surface area contributed by atoms with Crippen LogP contribution in [0.2, 0.25) is 0 Å². The minimum Gasteiger partial charge on any atom is -0.389 e. The molecule has 0 aliphatic heterocycles. The third kappa shape index (κ3) is 8.39. The van der Waals surface area contributed by atoms with Crippen molar-refractivity contribution < 1.29 is 18.3 Å². The van der Waals surface area contributed by atoms with Crippen LogP contribution in [-0.2, 0) is 14.9 Å². The van der Waals surface area contributed by atoms with Gasteiger partial charge in [-0.15, -0.1) is 0 Å². The highest BCUT2D eigenvalue weighted by molar-refractivity contribution is 7.87. The molecule has 0 saturated heterocycles. The lowest BCUT2D eigenvalue weighted by Gasteiger charge is -2.17. The van der Waals surface area contributed by atoms with E-state index in [0.29, 0.717) is 6.61 Å². The molecule has 0 rings (SSSR count). The van der Waals surface area contributed by atoms with Crippen LogP contribution in [0, 0.1) is 0 Å². The van der Waals surface area contributed by atoms with Crippen molar-refractivity contribution >= 4 is 10.2 Å². The fraction of sp³-hybridized carbons (Fsp3) is 1.00. The minimum atomic E-state index is -3.53. The lowest BCUT2D eigenvalue weighted by molar-refractivity contribution is 0.0856. The Balaban J connectivity index is 3.85. The van der Waals surface area contributed by atoms with Crippen molar-refractivity contribution in [3.05, 3.63) is 0 Å². The Morgan fingerprint density at radius 2 is 1.93 bits per heavy atom. The summed E-state index contributed by atoms with van der Waals surface area (Å²) >= 11 is 0. The van der Waals surface area contributed by atoms with Gasteiger partial charge in [-0.25, -0.2) is 0 Å². The highest BCUT2D eigenvalue weighted by Crippen LogP contribution is 1.97. The highest BCUT2D eigenvalue weighted by atomic mass is 32.2. The van der Waals surface area contributed by atoms with E-state index in [4.69, 9.17) is 0 Å². The first kappa shape index (κ1) is 13.8. The number of hydrogen-bond donors (Lipinski definition) is 3. The van der Waals surface area contributed by atoms with Gasteiger partial charge in [0.2, 0.25) is 0 Å². The Morgan fingerprint density at radius 1 is 1.36 bits per heavy atom. The molecule has 86 valence electrons. The van der Waals surface area contributed by atoms with Gasteiger partial charge in [0.25, 0.3) is 10.2 Å². The zero-order valence-electron chi connectivity index (χ0n) is 8.70. The molecule has 0 aromatic rings. The topological polar surface area (TPSA) is 87.7 Å². The van der Waals surface area contributed by atoms with Gasteiger partial charge in [-0.2, -0.15) is 17.9 Å². The van der Waals surface area contributed by atoms with Crippen LogP contribution in [0.3, 0.4) is 0 Å². The smallest absolute Gasteiger partial charge is 0.277 e. The standard InChI is InChI=1S/C7H18N2O4S/c1-7(2,10)6-9-14(11,12)8-4-5-13-3/h8-10H,4-6H2,1-3H3. The van der Waals surface area contributed by atoms with Crippen molar-refractivity contribution in [3.8, 4) is 0 Å². The lowest BCUT2D eigenvalue weighted by atomic mass is 10.1. The zero-order valence-corrected chi connectivity index (χ0v) is 9.52. The van der Waals surface area contributed by atoms with E-state index in [2.05, 4.69) is 14.2 Å². The number of nitrogens with one attached hydrogen (secondary N) is 2. The monoisotopic (exact) mass is 226 g/mol. The summed E-state index contributed by atoms with van der Waals surface area (Å²) in [7, 11) is -2.04. The second-order valence-corrected chi connectivity index (χ2v) is 5.11. The van der Waals surface area contributed by atoms with Crippen LogP contribution < -0.4 is 9.44 Å².